The highest BCUT2D eigenvalue weighted by Crippen LogP contribution is 2.23. The van der Waals surface area contributed by atoms with Gasteiger partial charge >= 0.3 is 0 Å². The Hall–Kier alpha value is -3.29. The summed E-state index contributed by atoms with van der Waals surface area (Å²) in [5, 5.41) is 16.2. The second-order valence-electron chi connectivity index (χ2n) is 5.93. The van der Waals surface area contributed by atoms with Gasteiger partial charge in [0, 0.05) is 11.3 Å². The van der Waals surface area contributed by atoms with Crippen molar-refractivity contribution in [1.82, 2.24) is 34.6 Å². The van der Waals surface area contributed by atoms with Gasteiger partial charge in [-0.3, -0.25) is 0 Å². The van der Waals surface area contributed by atoms with Gasteiger partial charge in [0.2, 0.25) is 0 Å². The van der Waals surface area contributed by atoms with Gasteiger partial charge in [0.25, 0.3) is 5.78 Å². The molecule has 0 spiro atoms. The molecular formula is C17H18N8. The molecule has 4 rings (SSSR count). The number of aromatic nitrogens is 7. The van der Waals surface area contributed by atoms with E-state index in [9.17, 15) is 0 Å². The van der Waals surface area contributed by atoms with Crippen LogP contribution in [0.3, 0.4) is 0 Å². The molecule has 25 heavy (non-hydrogen) atoms. The summed E-state index contributed by atoms with van der Waals surface area (Å²) in [4.78, 5) is 8.61. The molecule has 0 fully saturated rings. The molecular weight excluding hydrogens is 316 g/mol. The minimum absolute atomic E-state index is 0.0506. The Morgan fingerprint density at radius 2 is 1.92 bits per heavy atom. The lowest BCUT2D eigenvalue weighted by atomic mass is 10.2. The first-order valence-corrected chi connectivity index (χ1v) is 8.04. The number of para-hydroxylation sites is 1. The SMILES string of the molecule is Cc1nc2ncnn2c(NC(C)c2cn(-c3ccccc3)nn2)c1C. The van der Waals surface area contributed by atoms with Crippen LogP contribution in [0.1, 0.15) is 29.9 Å². The summed E-state index contributed by atoms with van der Waals surface area (Å²) in [6, 6.07) is 9.86. The van der Waals surface area contributed by atoms with Gasteiger partial charge in [-0.1, -0.05) is 23.4 Å². The predicted octanol–water partition coefficient (Wildman–Crippen LogP) is 2.49. The molecule has 1 atom stereocenters. The van der Waals surface area contributed by atoms with Gasteiger partial charge < -0.3 is 5.32 Å². The molecule has 0 amide bonds. The van der Waals surface area contributed by atoms with Gasteiger partial charge in [0.05, 0.1) is 17.9 Å². The smallest absolute Gasteiger partial charge is 0.254 e. The van der Waals surface area contributed by atoms with Crippen molar-refractivity contribution in [2.45, 2.75) is 26.8 Å². The van der Waals surface area contributed by atoms with Crippen molar-refractivity contribution < 1.29 is 0 Å². The summed E-state index contributed by atoms with van der Waals surface area (Å²) in [7, 11) is 0. The molecule has 0 saturated carbocycles. The van der Waals surface area contributed by atoms with E-state index in [4.69, 9.17) is 0 Å². The molecule has 8 nitrogen and oxygen atoms in total. The number of hydrogen-bond acceptors (Lipinski definition) is 6. The van der Waals surface area contributed by atoms with E-state index in [0.29, 0.717) is 5.78 Å². The number of nitrogens with one attached hydrogen (secondary N) is 1. The summed E-state index contributed by atoms with van der Waals surface area (Å²) in [5.74, 6) is 1.44. The number of anilines is 1. The van der Waals surface area contributed by atoms with Crippen molar-refractivity contribution in [1.29, 1.82) is 0 Å². The van der Waals surface area contributed by atoms with Crippen LogP contribution in [0.4, 0.5) is 5.82 Å². The monoisotopic (exact) mass is 334 g/mol. The van der Waals surface area contributed by atoms with Crippen LogP contribution in [0.5, 0.6) is 0 Å². The molecule has 1 N–H and O–H groups in total. The van der Waals surface area contributed by atoms with E-state index in [1.54, 1.807) is 9.20 Å². The maximum Gasteiger partial charge on any atom is 0.254 e. The first kappa shape index (κ1) is 15.3. The molecule has 0 aliphatic carbocycles. The normalized spacial score (nSPS) is 12.4. The molecule has 0 bridgehead atoms. The first-order chi connectivity index (χ1) is 12.1. The maximum atomic E-state index is 4.44. The Bertz CT molecular complexity index is 1020. The third-order valence-electron chi connectivity index (χ3n) is 4.24. The summed E-state index contributed by atoms with van der Waals surface area (Å²) >= 11 is 0. The van der Waals surface area contributed by atoms with Crippen LogP contribution >= 0.6 is 0 Å². The van der Waals surface area contributed by atoms with Gasteiger partial charge in [-0.25, -0.2) is 9.67 Å². The Labute approximate surface area is 144 Å². The zero-order valence-corrected chi connectivity index (χ0v) is 14.2. The Kier molecular flexibility index (Phi) is 3.64. The Morgan fingerprint density at radius 1 is 1.12 bits per heavy atom. The van der Waals surface area contributed by atoms with Crippen LogP contribution < -0.4 is 5.32 Å². The van der Waals surface area contributed by atoms with Crippen LogP contribution in [0.15, 0.2) is 42.9 Å². The lowest BCUT2D eigenvalue weighted by Crippen LogP contribution is -2.14. The van der Waals surface area contributed by atoms with E-state index in [2.05, 4.69) is 30.7 Å². The van der Waals surface area contributed by atoms with Crippen molar-refractivity contribution in [2.75, 3.05) is 5.32 Å². The minimum atomic E-state index is -0.0506. The fourth-order valence-electron chi connectivity index (χ4n) is 2.66. The standard InChI is InChI=1S/C17H18N8/c1-11-12(2)21-17-18-10-19-25(17)16(11)20-13(3)15-9-24(23-22-15)14-7-5-4-6-8-14/h4-10,13,20H,1-3H3. The zero-order chi connectivity index (χ0) is 17.4. The van der Waals surface area contributed by atoms with E-state index in [-0.39, 0.29) is 6.04 Å². The number of benzene rings is 1. The lowest BCUT2D eigenvalue weighted by Gasteiger charge is -2.16. The summed E-state index contributed by atoms with van der Waals surface area (Å²) in [6.45, 7) is 6.02. The van der Waals surface area contributed by atoms with E-state index in [1.165, 1.54) is 6.33 Å². The van der Waals surface area contributed by atoms with E-state index < -0.39 is 0 Å². The second-order valence-corrected chi connectivity index (χ2v) is 5.93. The number of aryl methyl sites for hydroxylation is 1. The molecule has 0 aliphatic rings. The fourth-order valence-corrected chi connectivity index (χ4v) is 2.66. The summed E-state index contributed by atoms with van der Waals surface area (Å²) in [6.07, 6.45) is 3.43. The summed E-state index contributed by atoms with van der Waals surface area (Å²) < 4.78 is 3.48. The number of nitrogens with zero attached hydrogens (tertiary/aromatic N) is 7. The maximum absolute atomic E-state index is 4.44. The topological polar surface area (TPSA) is 85.8 Å². The third-order valence-corrected chi connectivity index (χ3v) is 4.24. The van der Waals surface area contributed by atoms with Crippen LogP contribution in [-0.4, -0.2) is 34.6 Å². The highest BCUT2D eigenvalue weighted by molar-refractivity contribution is 5.52. The van der Waals surface area contributed by atoms with E-state index >= 15 is 0 Å². The number of fused-ring (bicyclic) bond motifs is 1. The minimum Gasteiger partial charge on any atom is -0.361 e. The fraction of sp³-hybridized carbons (Fsp3) is 0.235. The number of hydrogen-bond donors (Lipinski definition) is 1. The van der Waals surface area contributed by atoms with Gasteiger partial charge in [-0.2, -0.15) is 14.6 Å². The van der Waals surface area contributed by atoms with Gasteiger partial charge in [-0.15, -0.1) is 5.10 Å². The molecule has 1 aromatic carbocycles. The van der Waals surface area contributed by atoms with Gasteiger partial charge in [0.1, 0.15) is 17.8 Å². The van der Waals surface area contributed by atoms with Crippen molar-refractivity contribution in [3.8, 4) is 5.69 Å². The quantitative estimate of drug-likeness (QED) is 0.617. The lowest BCUT2D eigenvalue weighted by molar-refractivity contribution is 0.772. The number of rotatable bonds is 4. The van der Waals surface area contributed by atoms with Crippen molar-refractivity contribution in [3.63, 3.8) is 0 Å². The first-order valence-electron chi connectivity index (χ1n) is 8.04. The third kappa shape index (κ3) is 2.71. The average Bonchev–Trinajstić information content (AvgIpc) is 3.29. The van der Waals surface area contributed by atoms with Crippen LogP contribution in [0.25, 0.3) is 11.5 Å². The molecule has 0 radical (unpaired) electrons. The molecule has 4 aromatic rings. The molecule has 0 aliphatic heterocycles. The van der Waals surface area contributed by atoms with Crippen molar-refractivity contribution in [2.24, 2.45) is 0 Å². The Balaban J connectivity index is 1.65. The highest BCUT2D eigenvalue weighted by Gasteiger charge is 2.16. The van der Waals surface area contributed by atoms with Gasteiger partial charge in [0.15, 0.2) is 0 Å². The summed E-state index contributed by atoms with van der Waals surface area (Å²) in [5.41, 5.74) is 3.76. The zero-order valence-electron chi connectivity index (χ0n) is 14.2. The van der Waals surface area contributed by atoms with Crippen LogP contribution in [0.2, 0.25) is 0 Å². The van der Waals surface area contributed by atoms with Crippen molar-refractivity contribution >= 4 is 11.6 Å². The van der Waals surface area contributed by atoms with Crippen molar-refractivity contribution in [3.05, 3.63) is 59.8 Å². The van der Waals surface area contributed by atoms with E-state index in [0.717, 1.165) is 28.5 Å². The molecule has 0 saturated heterocycles. The van der Waals surface area contributed by atoms with Crippen LogP contribution in [0, 0.1) is 13.8 Å². The van der Waals surface area contributed by atoms with E-state index in [1.807, 2.05) is 57.3 Å². The van der Waals surface area contributed by atoms with Crippen LogP contribution in [-0.2, 0) is 0 Å². The second kappa shape index (κ2) is 5.97. The largest absolute Gasteiger partial charge is 0.361 e. The molecule has 3 aromatic heterocycles. The molecule has 3 heterocycles. The Morgan fingerprint density at radius 3 is 2.72 bits per heavy atom. The molecule has 126 valence electrons. The predicted molar refractivity (Wildman–Crippen MR) is 93.7 cm³/mol. The molecule has 1 unspecified atom stereocenters. The highest BCUT2D eigenvalue weighted by atomic mass is 15.4. The van der Waals surface area contributed by atoms with Gasteiger partial charge in [-0.05, 0) is 32.9 Å². The molecule has 8 heteroatoms. The average molecular weight is 334 g/mol.